The normalized spacial score (nSPS) is 16.6. The third-order valence-corrected chi connectivity index (χ3v) is 3.96. The van der Waals surface area contributed by atoms with E-state index in [-0.39, 0.29) is 17.3 Å². The van der Waals surface area contributed by atoms with Crippen molar-refractivity contribution < 1.29 is 8.81 Å². The molecule has 1 aliphatic carbocycles. The summed E-state index contributed by atoms with van der Waals surface area (Å²) in [4.78, 5) is 4.38. The summed E-state index contributed by atoms with van der Waals surface area (Å²) in [5, 5.41) is 3.49. The number of halogens is 1. The molecule has 1 aromatic carbocycles. The first-order chi connectivity index (χ1) is 9.63. The van der Waals surface area contributed by atoms with Crippen molar-refractivity contribution >= 4 is 11.1 Å². The minimum absolute atomic E-state index is 0.168. The van der Waals surface area contributed by atoms with Gasteiger partial charge >= 0.3 is 0 Å². The maximum Gasteiger partial charge on any atom is 0.198 e. The number of aromatic nitrogens is 1. The molecule has 0 saturated heterocycles. The van der Waals surface area contributed by atoms with Crippen LogP contribution in [0.5, 0.6) is 0 Å². The van der Waals surface area contributed by atoms with Crippen molar-refractivity contribution in [3.05, 3.63) is 29.4 Å². The SMILES string of the molecule is CC(C)c1nc2cc(CNC3CCCC3)cc(F)c2o1. The van der Waals surface area contributed by atoms with Crippen LogP contribution in [0, 0.1) is 5.82 Å². The monoisotopic (exact) mass is 276 g/mol. The Morgan fingerprint density at radius 1 is 1.35 bits per heavy atom. The highest BCUT2D eigenvalue weighted by molar-refractivity contribution is 5.74. The van der Waals surface area contributed by atoms with E-state index in [1.165, 1.54) is 25.7 Å². The van der Waals surface area contributed by atoms with Crippen LogP contribution in [0.25, 0.3) is 11.1 Å². The number of fused-ring (bicyclic) bond motifs is 1. The van der Waals surface area contributed by atoms with Gasteiger partial charge in [0, 0.05) is 18.5 Å². The number of nitrogens with zero attached hydrogens (tertiary/aromatic N) is 1. The zero-order chi connectivity index (χ0) is 14.1. The second-order valence-corrected chi connectivity index (χ2v) is 5.99. The predicted molar refractivity (Wildman–Crippen MR) is 77.2 cm³/mol. The molecule has 20 heavy (non-hydrogen) atoms. The van der Waals surface area contributed by atoms with E-state index < -0.39 is 0 Å². The van der Waals surface area contributed by atoms with Crippen LogP contribution in [0.2, 0.25) is 0 Å². The van der Waals surface area contributed by atoms with E-state index in [2.05, 4.69) is 10.3 Å². The topological polar surface area (TPSA) is 38.1 Å². The molecule has 0 amide bonds. The van der Waals surface area contributed by atoms with E-state index in [1.807, 2.05) is 19.9 Å². The van der Waals surface area contributed by atoms with Crippen LogP contribution in [-0.2, 0) is 6.54 Å². The quantitative estimate of drug-likeness (QED) is 0.912. The summed E-state index contributed by atoms with van der Waals surface area (Å²) in [5.74, 6) is 0.451. The van der Waals surface area contributed by atoms with Crippen molar-refractivity contribution in [2.75, 3.05) is 0 Å². The third-order valence-electron chi connectivity index (χ3n) is 3.96. The highest BCUT2D eigenvalue weighted by Crippen LogP contribution is 2.25. The van der Waals surface area contributed by atoms with Crippen LogP contribution in [0.4, 0.5) is 4.39 Å². The molecule has 1 N–H and O–H groups in total. The van der Waals surface area contributed by atoms with Crippen molar-refractivity contribution in [2.24, 2.45) is 0 Å². The molecule has 1 aliphatic rings. The molecule has 0 radical (unpaired) electrons. The van der Waals surface area contributed by atoms with Crippen molar-refractivity contribution in [1.29, 1.82) is 0 Å². The van der Waals surface area contributed by atoms with E-state index in [9.17, 15) is 4.39 Å². The zero-order valence-corrected chi connectivity index (χ0v) is 12.1. The first kappa shape index (κ1) is 13.6. The van der Waals surface area contributed by atoms with E-state index in [0.717, 1.165) is 5.56 Å². The molecule has 0 aliphatic heterocycles. The highest BCUT2D eigenvalue weighted by atomic mass is 19.1. The minimum atomic E-state index is -0.315. The van der Waals surface area contributed by atoms with Gasteiger partial charge in [0.2, 0.25) is 0 Å². The van der Waals surface area contributed by atoms with Crippen molar-refractivity contribution in [3.8, 4) is 0 Å². The molecule has 3 nitrogen and oxygen atoms in total. The molecule has 0 unspecified atom stereocenters. The summed E-state index contributed by atoms with van der Waals surface area (Å²) in [7, 11) is 0. The third kappa shape index (κ3) is 2.70. The van der Waals surface area contributed by atoms with Gasteiger partial charge in [-0.1, -0.05) is 26.7 Å². The van der Waals surface area contributed by atoms with Crippen LogP contribution in [0.3, 0.4) is 0 Å². The molecule has 1 fully saturated rings. The molecule has 2 aromatic rings. The summed E-state index contributed by atoms with van der Waals surface area (Å²) in [5.41, 5.74) is 1.83. The smallest absolute Gasteiger partial charge is 0.198 e. The highest BCUT2D eigenvalue weighted by Gasteiger charge is 2.16. The first-order valence-corrected chi connectivity index (χ1v) is 7.45. The number of benzene rings is 1. The number of hydrogen-bond acceptors (Lipinski definition) is 3. The van der Waals surface area contributed by atoms with Gasteiger partial charge in [-0.25, -0.2) is 9.37 Å². The lowest BCUT2D eigenvalue weighted by molar-refractivity contribution is 0.483. The molecule has 1 heterocycles. The molecular formula is C16H21FN2O. The van der Waals surface area contributed by atoms with Crippen molar-refractivity contribution in [2.45, 2.75) is 58.0 Å². The maximum absolute atomic E-state index is 14.1. The fourth-order valence-corrected chi connectivity index (χ4v) is 2.80. The first-order valence-electron chi connectivity index (χ1n) is 7.45. The Bertz CT molecular complexity index is 600. The summed E-state index contributed by atoms with van der Waals surface area (Å²) >= 11 is 0. The molecule has 0 atom stereocenters. The van der Waals surface area contributed by atoms with Crippen LogP contribution in [0.15, 0.2) is 16.5 Å². The zero-order valence-electron chi connectivity index (χ0n) is 12.1. The lowest BCUT2D eigenvalue weighted by Crippen LogP contribution is -2.25. The van der Waals surface area contributed by atoms with Gasteiger partial charge in [0.15, 0.2) is 17.3 Å². The Morgan fingerprint density at radius 3 is 2.80 bits per heavy atom. The van der Waals surface area contributed by atoms with E-state index in [1.54, 1.807) is 6.07 Å². The fraction of sp³-hybridized carbons (Fsp3) is 0.562. The van der Waals surface area contributed by atoms with Gasteiger partial charge in [-0.05, 0) is 30.5 Å². The van der Waals surface area contributed by atoms with Gasteiger partial charge in [-0.2, -0.15) is 0 Å². The largest absolute Gasteiger partial charge is 0.437 e. The van der Waals surface area contributed by atoms with Crippen LogP contribution in [0.1, 0.15) is 56.9 Å². The Kier molecular flexibility index (Phi) is 3.74. The van der Waals surface area contributed by atoms with Crippen molar-refractivity contribution in [3.63, 3.8) is 0 Å². The van der Waals surface area contributed by atoms with E-state index in [0.29, 0.717) is 24.0 Å². The molecule has 1 aromatic heterocycles. The van der Waals surface area contributed by atoms with Crippen molar-refractivity contribution in [1.82, 2.24) is 10.3 Å². The predicted octanol–water partition coefficient (Wildman–Crippen LogP) is 4.12. The molecule has 4 heteroatoms. The van der Waals surface area contributed by atoms with Gasteiger partial charge in [0.25, 0.3) is 0 Å². The number of rotatable bonds is 4. The second-order valence-electron chi connectivity index (χ2n) is 5.99. The second kappa shape index (κ2) is 5.52. The summed E-state index contributed by atoms with van der Waals surface area (Å²) in [6, 6.07) is 4.06. The lowest BCUT2D eigenvalue weighted by atomic mass is 10.1. The summed E-state index contributed by atoms with van der Waals surface area (Å²) in [6.07, 6.45) is 5.05. The Balaban J connectivity index is 1.81. The molecule has 0 bridgehead atoms. The average molecular weight is 276 g/mol. The Hall–Kier alpha value is -1.42. The van der Waals surface area contributed by atoms with Gasteiger partial charge in [0.05, 0.1) is 0 Å². The summed E-state index contributed by atoms with van der Waals surface area (Å²) in [6.45, 7) is 4.68. The molecule has 108 valence electrons. The van der Waals surface area contributed by atoms with Gasteiger partial charge in [-0.3, -0.25) is 0 Å². The Labute approximate surface area is 118 Å². The van der Waals surface area contributed by atoms with Crippen LogP contribution in [-0.4, -0.2) is 11.0 Å². The molecule has 1 saturated carbocycles. The molecular weight excluding hydrogens is 255 g/mol. The minimum Gasteiger partial charge on any atom is -0.437 e. The lowest BCUT2D eigenvalue weighted by Gasteiger charge is -2.11. The molecule has 3 rings (SSSR count). The maximum atomic E-state index is 14.1. The van der Waals surface area contributed by atoms with Crippen LogP contribution >= 0.6 is 0 Å². The van der Waals surface area contributed by atoms with Gasteiger partial charge < -0.3 is 9.73 Å². The van der Waals surface area contributed by atoms with Gasteiger partial charge in [0.1, 0.15) is 5.52 Å². The number of oxazole rings is 1. The standard InChI is InChI=1S/C16H21FN2O/c1-10(2)16-19-14-8-11(7-13(17)15(14)20-16)9-18-12-5-3-4-6-12/h7-8,10,12,18H,3-6,9H2,1-2H3. The van der Waals surface area contributed by atoms with Crippen LogP contribution < -0.4 is 5.32 Å². The number of hydrogen-bond donors (Lipinski definition) is 1. The average Bonchev–Trinajstić information content (AvgIpc) is 3.05. The fourth-order valence-electron chi connectivity index (χ4n) is 2.80. The van der Waals surface area contributed by atoms with E-state index >= 15 is 0 Å². The summed E-state index contributed by atoms with van der Waals surface area (Å²) < 4.78 is 19.5. The van der Waals surface area contributed by atoms with Gasteiger partial charge in [-0.15, -0.1) is 0 Å². The Morgan fingerprint density at radius 2 is 2.10 bits per heavy atom. The van der Waals surface area contributed by atoms with E-state index in [4.69, 9.17) is 4.42 Å². The molecule has 0 spiro atoms. The number of nitrogens with one attached hydrogen (secondary N) is 1.